The number of rotatable bonds is 8. The third kappa shape index (κ3) is 5.61. The molecule has 1 aromatic rings. The molecule has 1 unspecified atom stereocenters. The molecule has 3 nitrogen and oxygen atoms in total. The van der Waals surface area contributed by atoms with Gasteiger partial charge in [0.2, 0.25) is 0 Å². The van der Waals surface area contributed by atoms with Crippen molar-refractivity contribution >= 4 is 15.9 Å². The second kappa shape index (κ2) is 8.76. The molecule has 0 bridgehead atoms. The lowest BCUT2D eigenvalue weighted by molar-refractivity contribution is 0.160. The van der Waals surface area contributed by atoms with Gasteiger partial charge in [0, 0.05) is 25.7 Å². The Morgan fingerprint density at radius 2 is 1.71 bits per heavy atom. The molecule has 0 radical (unpaired) electrons. The first kappa shape index (κ1) is 18.5. The molecule has 0 saturated carbocycles. The van der Waals surface area contributed by atoms with Crippen LogP contribution in [0.25, 0.3) is 0 Å². The molecule has 0 spiro atoms. The van der Waals surface area contributed by atoms with Crippen LogP contribution in [0.1, 0.15) is 39.3 Å². The van der Waals surface area contributed by atoms with Crippen molar-refractivity contribution in [3.05, 3.63) is 28.2 Å². The lowest BCUT2D eigenvalue weighted by atomic mass is 10.0. The van der Waals surface area contributed by atoms with E-state index in [1.807, 2.05) is 6.07 Å². The van der Waals surface area contributed by atoms with Gasteiger partial charge in [0.25, 0.3) is 0 Å². The summed E-state index contributed by atoms with van der Waals surface area (Å²) in [5.41, 5.74) is 7.33. The maximum atomic E-state index is 6.09. The zero-order valence-electron chi connectivity index (χ0n) is 13.9. The highest BCUT2D eigenvalue weighted by Crippen LogP contribution is 2.30. The molecule has 0 aromatic heterocycles. The van der Waals surface area contributed by atoms with Gasteiger partial charge in [-0.15, -0.1) is 0 Å². The molecule has 1 rings (SSSR count). The van der Waals surface area contributed by atoms with Crippen LogP contribution in [0.3, 0.4) is 0 Å². The van der Waals surface area contributed by atoms with Crippen LogP contribution in [-0.2, 0) is 0 Å². The van der Waals surface area contributed by atoms with Crippen molar-refractivity contribution in [3.63, 3.8) is 0 Å². The predicted molar refractivity (Wildman–Crippen MR) is 93.7 cm³/mol. The van der Waals surface area contributed by atoms with Crippen LogP contribution in [0.2, 0.25) is 0 Å². The first-order valence-corrected chi connectivity index (χ1v) is 8.45. The molecule has 1 aromatic carbocycles. The van der Waals surface area contributed by atoms with Crippen molar-refractivity contribution in [2.45, 2.75) is 33.7 Å². The average molecular weight is 357 g/mol. The minimum absolute atomic E-state index is 0.247. The Hall–Kier alpha value is -0.580. The first-order chi connectivity index (χ1) is 9.88. The minimum atomic E-state index is 0.247. The Morgan fingerprint density at radius 1 is 1.14 bits per heavy atom. The van der Waals surface area contributed by atoms with Crippen molar-refractivity contribution in [1.29, 1.82) is 0 Å². The summed E-state index contributed by atoms with van der Waals surface area (Å²) in [6.45, 7) is 11.8. The van der Waals surface area contributed by atoms with Crippen molar-refractivity contribution in [2.75, 3.05) is 26.7 Å². The van der Waals surface area contributed by atoms with Gasteiger partial charge in [0.15, 0.2) is 0 Å². The molecule has 0 amide bonds. The van der Waals surface area contributed by atoms with E-state index in [-0.39, 0.29) is 6.04 Å². The maximum absolute atomic E-state index is 6.09. The number of halogens is 1. The van der Waals surface area contributed by atoms with Gasteiger partial charge in [-0.25, -0.2) is 0 Å². The summed E-state index contributed by atoms with van der Waals surface area (Å²) < 4.78 is 6.29. The Labute approximate surface area is 138 Å². The predicted octanol–water partition coefficient (Wildman–Crippen LogP) is 4.07. The molecule has 0 fully saturated rings. The van der Waals surface area contributed by atoms with Gasteiger partial charge >= 0.3 is 0 Å². The summed E-state index contributed by atoms with van der Waals surface area (Å²) in [7, 11) is 1.68. The molecule has 21 heavy (non-hydrogen) atoms. The summed E-state index contributed by atoms with van der Waals surface area (Å²) in [5, 5.41) is 0. The number of hydrogen-bond donors (Lipinski definition) is 1. The van der Waals surface area contributed by atoms with Gasteiger partial charge < -0.3 is 10.5 Å². The quantitative estimate of drug-likeness (QED) is 0.762. The molecule has 120 valence electrons. The molecule has 2 N–H and O–H groups in total. The molecular formula is C17H29BrN2O. The first-order valence-electron chi connectivity index (χ1n) is 7.66. The summed E-state index contributed by atoms with van der Waals surface area (Å²) in [5.74, 6) is 2.10. The van der Waals surface area contributed by atoms with Crippen molar-refractivity contribution < 1.29 is 4.74 Å². The zero-order chi connectivity index (χ0) is 16.0. The summed E-state index contributed by atoms with van der Waals surface area (Å²) in [6, 6.07) is 6.50. The van der Waals surface area contributed by atoms with Crippen LogP contribution in [0.15, 0.2) is 22.7 Å². The second-order valence-electron chi connectivity index (χ2n) is 6.39. The van der Waals surface area contributed by atoms with Crippen LogP contribution < -0.4 is 10.5 Å². The average Bonchev–Trinajstić information content (AvgIpc) is 2.38. The SMILES string of the molecule is COc1ccc(C(CN)N(CC(C)C)CC(C)C)cc1Br. The van der Waals surface area contributed by atoms with Crippen LogP contribution in [-0.4, -0.2) is 31.6 Å². The third-order valence-electron chi connectivity index (χ3n) is 3.42. The van der Waals surface area contributed by atoms with E-state index < -0.39 is 0 Å². The summed E-state index contributed by atoms with van der Waals surface area (Å²) >= 11 is 3.57. The Balaban J connectivity index is 3.03. The molecule has 4 heteroatoms. The molecule has 0 saturated heterocycles. The van der Waals surface area contributed by atoms with Crippen LogP contribution in [0.5, 0.6) is 5.75 Å². The van der Waals surface area contributed by atoms with Crippen LogP contribution >= 0.6 is 15.9 Å². The van der Waals surface area contributed by atoms with Gasteiger partial charge in [0.1, 0.15) is 5.75 Å². The van der Waals surface area contributed by atoms with Crippen LogP contribution in [0.4, 0.5) is 0 Å². The van der Waals surface area contributed by atoms with Gasteiger partial charge in [-0.3, -0.25) is 4.90 Å². The van der Waals surface area contributed by atoms with E-state index in [1.165, 1.54) is 5.56 Å². The highest BCUT2D eigenvalue weighted by atomic mass is 79.9. The molecule has 0 aliphatic rings. The number of methoxy groups -OCH3 is 1. The van der Waals surface area contributed by atoms with E-state index in [0.29, 0.717) is 18.4 Å². The van der Waals surface area contributed by atoms with Crippen molar-refractivity contribution in [3.8, 4) is 5.75 Å². The summed E-state index contributed by atoms with van der Waals surface area (Å²) in [4.78, 5) is 2.50. The number of ether oxygens (including phenoxy) is 1. The van der Waals surface area contributed by atoms with E-state index in [9.17, 15) is 0 Å². The Kier molecular flexibility index (Phi) is 7.71. The van der Waals surface area contributed by atoms with Gasteiger partial charge in [-0.05, 0) is 45.5 Å². The normalized spacial score (nSPS) is 13.2. The van der Waals surface area contributed by atoms with E-state index in [0.717, 1.165) is 23.3 Å². The maximum Gasteiger partial charge on any atom is 0.133 e. The smallest absolute Gasteiger partial charge is 0.133 e. The number of benzene rings is 1. The largest absolute Gasteiger partial charge is 0.496 e. The highest BCUT2D eigenvalue weighted by molar-refractivity contribution is 9.10. The van der Waals surface area contributed by atoms with E-state index >= 15 is 0 Å². The van der Waals surface area contributed by atoms with Gasteiger partial charge in [0.05, 0.1) is 11.6 Å². The highest BCUT2D eigenvalue weighted by Gasteiger charge is 2.21. The molecule has 0 aliphatic heterocycles. The molecular weight excluding hydrogens is 328 g/mol. The number of hydrogen-bond acceptors (Lipinski definition) is 3. The van der Waals surface area contributed by atoms with Crippen molar-refractivity contribution in [2.24, 2.45) is 17.6 Å². The fourth-order valence-electron chi connectivity index (χ4n) is 2.65. The van der Waals surface area contributed by atoms with E-state index in [4.69, 9.17) is 10.5 Å². The fourth-order valence-corrected chi connectivity index (χ4v) is 3.21. The zero-order valence-corrected chi connectivity index (χ0v) is 15.5. The summed E-state index contributed by atoms with van der Waals surface area (Å²) in [6.07, 6.45) is 0. The lowest BCUT2D eigenvalue weighted by Crippen LogP contribution is -2.38. The monoisotopic (exact) mass is 356 g/mol. The number of nitrogens with zero attached hydrogens (tertiary/aromatic N) is 1. The van der Waals surface area contributed by atoms with E-state index in [1.54, 1.807) is 7.11 Å². The minimum Gasteiger partial charge on any atom is -0.496 e. The Morgan fingerprint density at radius 3 is 2.10 bits per heavy atom. The Bertz CT molecular complexity index is 425. The van der Waals surface area contributed by atoms with Crippen LogP contribution in [0, 0.1) is 11.8 Å². The molecule has 1 atom stereocenters. The van der Waals surface area contributed by atoms with Gasteiger partial charge in [-0.1, -0.05) is 33.8 Å². The topological polar surface area (TPSA) is 38.5 Å². The van der Waals surface area contributed by atoms with Crippen molar-refractivity contribution in [1.82, 2.24) is 4.90 Å². The molecule has 0 heterocycles. The second-order valence-corrected chi connectivity index (χ2v) is 7.24. The van der Waals surface area contributed by atoms with Gasteiger partial charge in [-0.2, -0.15) is 0 Å². The fraction of sp³-hybridized carbons (Fsp3) is 0.647. The lowest BCUT2D eigenvalue weighted by Gasteiger charge is -2.34. The standard InChI is InChI=1S/C17H29BrN2O/c1-12(2)10-20(11-13(3)4)16(9-19)14-6-7-17(21-5)15(18)8-14/h6-8,12-13,16H,9-11,19H2,1-5H3. The van der Waals surface area contributed by atoms with E-state index in [2.05, 4.69) is 60.7 Å². The third-order valence-corrected chi connectivity index (χ3v) is 4.04. The number of nitrogens with two attached hydrogens (primary N) is 1. The molecule has 0 aliphatic carbocycles.